The molecule has 0 unspecified atom stereocenters. The van der Waals surface area contributed by atoms with Crippen molar-refractivity contribution in [2.24, 2.45) is 0 Å². The molecule has 2 rings (SSSR count). The molecule has 1 saturated heterocycles. The number of benzene rings is 1. The molecule has 1 aromatic carbocycles. The molecular formula is C18H26N2O8S2. The van der Waals surface area contributed by atoms with Crippen LogP contribution in [0.4, 0.5) is 0 Å². The van der Waals surface area contributed by atoms with Crippen LogP contribution in [0.1, 0.15) is 18.4 Å². The van der Waals surface area contributed by atoms with Crippen LogP contribution in [0.5, 0.6) is 11.5 Å². The number of nitrogens with zero attached hydrogens (tertiary/aromatic N) is 1. The Morgan fingerprint density at radius 2 is 1.73 bits per heavy atom. The van der Waals surface area contributed by atoms with Crippen molar-refractivity contribution < 1.29 is 35.8 Å². The zero-order valence-corrected chi connectivity index (χ0v) is 18.9. The predicted octanol–water partition coefficient (Wildman–Crippen LogP) is 0.592. The summed E-state index contributed by atoms with van der Waals surface area (Å²) in [6.07, 6.45) is 4.37. The quantitative estimate of drug-likeness (QED) is 0.439. The molecule has 0 radical (unpaired) electrons. The molecule has 10 nitrogen and oxygen atoms in total. The van der Waals surface area contributed by atoms with Crippen molar-refractivity contribution in [3.8, 4) is 11.5 Å². The minimum atomic E-state index is -4.03. The summed E-state index contributed by atoms with van der Waals surface area (Å²) in [4.78, 5) is 11.2. The Bertz CT molecular complexity index is 1010. The predicted molar refractivity (Wildman–Crippen MR) is 110 cm³/mol. The summed E-state index contributed by atoms with van der Waals surface area (Å²) in [6.45, 7) is 0.461. The Labute approximate surface area is 176 Å². The van der Waals surface area contributed by atoms with Gasteiger partial charge < -0.3 is 14.2 Å². The molecule has 30 heavy (non-hydrogen) atoms. The van der Waals surface area contributed by atoms with Gasteiger partial charge in [-0.25, -0.2) is 30.7 Å². The van der Waals surface area contributed by atoms with E-state index in [9.17, 15) is 21.6 Å². The van der Waals surface area contributed by atoms with Crippen LogP contribution in [0.15, 0.2) is 23.1 Å². The van der Waals surface area contributed by atoms with Crippen LogP contribution < -0.4 is 14.2 Å². The number of hydrogen-bond donors (Lipinski definition) is 1. The van der Waals surface area contributed by atoms with Gasteiger partial charge in [0.25, 0.3) is 0 Å². The number of nitrogens with one attached hydrogen (secondary N) is 1. The minimum Gasteiger partial charge on any atom is -0.493 e. The van der Waals surface area contributed by atoms with Crippen molar-refractivity contribution in [3.63, 3.8) is 0 Å². The second-order valence-corrected chi connectivity index (χ2v) is 10.3. The third-order valence-corrected chi connectivity index (χ3v) is 7.44. The number of ether oxygens (including phenoxy) is 3. The normalized spacial score (nSPS) is 16.5. The molecule has 0 saturated carbocycles. The smallest absolute Gasteiger partial charge is 0.330 e. The standard InChI is InChI=1S/C18H26N2O8S2/c1-26-15-11-13(5-6-17(21)27-2)12-16(18(15)28-3)30(24,25)19-14-7-9-20(10-8-14)29(4,22)23/h5-6,11-12,14,19H,7-10H2,1-4H3/b6-5+. The number of piperidine rings is 1. The summed E-state index contributed by atoms with van der Waals surface area (Å²) in [7, 11) is -3.41. The van der Waals surface area contributed by atoms with E-state index in [1.54, 1.807) is 0 Å². The van der Waals surface area contributed by atoms with E-state index < -0.39 is 32.1 Å². The molecular weight excluding hydrogens is 436 g/mol. The lowest BCUT2D eigenvalue weighted by Gasteiger charge is -2.30. The highest BCUT2D eigenvalue weighted by Crippen LogP contribution is 2.36. The molecule has 0 amide bonds. The van der Waals surface area contributed by atoms with E-state index in [0.717, 1.165) is 12.3 Å². The fraction of sp³-hybridized carbons (Fsp3) is 0.500. The molecule has 12 heteroatoms. The van der Waals surface area contributed by atoms with Crippen molar-refractivity contribution in [2.45, 2.75) is 23.8 Å². The monoisotopic (exact) mass is 462 g/mol. The van der Waals surface area contributed by atoms with Crippen LogP contribution in [0.2, 0.25) is 0 Å². The topological polar surface area (TPSA) is 128 Å². The average molecular weight is 463 g/mol. The first-order valence-corrected chi connectivity index (χ1v) is 12.3. The van der Waals surface area contributed by atoms with Gasteiger partial charge in [-0.15, -0.1) is 0 Å². The SMILES string of the molecule is COC(=O)/C=C/c1cc(OC)c(OC)c(S(=O)(=O)NC2CCN(S(C)(=O)=O)CC2)c1. The molecule has 1 aliphatic rings. The zero-order valence-electron chi connectivity index (χ0n) is 17.2. The van der Waals surface area contributed by atoms with E-state index >= 15 is 0 Å². The van der Waals surface area contributed by atoms with Gasteiger partial charge in [0, 0.05) is 25.2 Å². The van der Waals surface area contributed by atoms with Crippen LogP contribution in [0.25, 0.3) is 6.08 Å². The fourth-order valence-electron chi connectivity index (χ4n) is 3.07. The first kappa shape index (κ1) is 24.1. The Morgan fingerprint density at radius 1 is 1.10 bits per heavy atom. The molecule has 0 aromatic heterocycles. The molecule has 0 aliphatic carbocycles. The number of esters is 1. The number of sulfonamides is 2. The van der Waals surface area contributed by atoms with Gasteiger partial charge in [0.2, 0.25) is 20.0 Å². The van der Waals surface area contributed by atoms with Gasteiger partial charge in [0.05, 0.1) is 27.6 Å². The number of methoxy groups -OCH3 is 3. The summed E-state index contributed by atoms with van der Waals surface area (Å²) in [5.41, 5.74) is 0.394. The van der Waals surface area contributed by atoms with Crippen LogP contribution in [-0.4, -0.2) is 73.8 Å². The highest BCUT2D eigenvalue weighted by Gasteiger charge is 2.30. The second-order valence-electron chi connectivity index (χ2n) is 6.67. The van der Waals surface area contributed by atoms with Gasteiger partial charge >= 0.3 is 5.97 Å². The van der Waals surface area contributed by atoms with Gasteiger partial charge in [-0.05, 0) is 36.6 Å². The molecule has 168 valence electrons. The second kappa shape index (κ2) is 9.77. The van der Waals surface area contributed by atoms with Gasteiger partial charge in [-0.3, -0.25) is 0 Å². The molecule has 1 aromatic rings. The van der Waals surface area contributed by atoms with E-state index in [2.05, 4.69) is 9.46 Å². The molecule has 0 spiro atoms. The van der Waals surface area contributed by atoms with E-state index in [0.29, 0.717) is 18.4 Å². The molecule has 1 aliphatic heterocycles. The van der Waals surface area contributed by atoms with Crippen LogP contribution in [-0.2, 0) is 29.6 Å². The fourth-order valence-corrected chi connectivity index (χ4v) is 5.46. The number of carbonyl (C=O) groups is 1. The van der Waals surface area contributed by atoms with Crippen molar-refractivity contribution >= 4 is 32.1 Å². The lowest BCUT2D eigenvalue weighted by Crippen LogP contribution is -2.46. The van der Waals surface area contributed by atoms with Gasteiger partial charge in [-0.2, -0.15) is 0 Å². The van der Waals surface area contributed by atoms with Crippen LogP contribution >= 0.6 is 0 Å². The maximum atomic E-state index is 13.1. The maximum absolute atomic E-state index is 13.1. The average Bonchev–Trinajstić information content (AvgIpc) is 2.70. The van der Waals surface area contributed by atoms with Crippen LogP contribution in [0.3, 0.4) is 0 Å². The number of hydrogen-bond acceptors (Lipinski definition) is 8. The molecule has 0 bridgehead atoms. The van der Waals surface area contributed by atoms with E-state index in [4.69, 9.17) is 9.47 Å². The highest BCUT2D eigenvalue weighted by molar-refractivity contribution is 7.89. The van der Waals surface area contributed by atoms with Gasteiger partial charge in [-0.1, -0.05) is 0 Å². The molecule has 1 N–H and O–H groups in total. The minimum absolute atomic E-state index is 0.0220. The summed E-state index contributed by atoms with van der Waals surface area (Å²) >= 11 is 0. The lowest BCUT2D eigenvalue weighted by molar-refractivity contribution is -0.134. The zero-order chi connectivity index (χ0) is 22.5. The first-order chi connectivity index (χ1) is 14.0. The number of rotatable bonds is 8. The van der Waals surface area contributed by atoms with Crippen LogP contribution in [0, 0.1) is 0 Å². The summed E-state index contributed by atoms with van der Waals surface area (Å²) in [5.74, 6) is -0.393. The van der Waals surface area contributed by atoms with Crippen molar-refractivity contribution in [1.29, 1.82) is 0 Å². The molecule has 0 atom stereocenters. The Hall–Kier alpha value is -2.15. The van der Waals surface area contributed by atoms with E-state index in [1.807, 2.05) is 0 Å². The van der Waals surface area contributed by atoms with E-state index in [1.165, 1.54) is 43.8 Å². The largest absolute Gasteiger partial charge is 0.493 e. The summed E-state index contributed by atoms with van der Waals surface area (Å²) in [6, 6.07) is 2.45. The highest BCUT2D eigenvalue weighted by atomic mass is 32.2. The first-order valence-electron chi connectivity index (χ1n) is 9.01. The Balaban J connectivity index is 2.33. The maximum Gasteiger partial charge on any atom is 0.330 e. The lowest BCUT2D eigenvalue weighted by atomic mass is 10.1. The Kier molecular flexibility index (Phi) is 7.86. The van der Waals surface area contributed by atoms with Gasteiger partial charge in [0.15, 0.2) is 11.5 Å². The summed E-state index contributed by atoms with van der Waals surface area (Å²) in [5, 5.41) is 0. The van der Waals surface area contributed by atoms with Crippen molar-refractivity contribution in [3.05, 3.63) is 23.8 Å². The van der Waals surface area contributed by atoms with Crippen molar-refractivity contribution in [1.82, 2.24) is 9.03 Å². The van der Waals surface area contributed by atoms with E-state index in [-0.39, 0.29) is 29.5 Å². The van der Waals surface area contributed by atoms with Gasteiger partial charge in [0.1, 0.15) is 4.90 Å². The molecule has 1 fully saturated rings. The summed E-state index contributed by atoms with van der Waals surface area (Å²) < 4.78 is 68.4. The third kappa shape index (κ3) is 5.94. The third-order valence-electron chi connectivity index (χ3n) is 4.61. The molecule has 1 heterocycles. The van der Waals surface area contributed by atoms with Crippen molar-refractivity contribution in [2.75, 3.05) is 40.7 Å². The Morgan fingerprint density at radius 3 is 2.23 bits per heavy atom. The number of carbonyl (C=O) groups excluding carboxylic acids is 1.